The number of rotatable bonds is 3. The Kier molecular flexibility index (Phi) is 4.64. The summed E-state index contributed by atoms with van der Waals surface area (Å²) in [5.74, 6) is 0. The van der Waals surface area contributed by atoms with Crippen LogP contribution in [0.4, 0.5) is 5.69 Å². The second-order valence-electron chi connectivity index (χ2n) is 5.89. The molecule has 0 atom stereocenters. The van der Waals surface area contributed by atoms with E-state index < -0.39 is 0 Å². The van der Waals surface area contributed by atoms with Gasteiger partial charge in [-0.3, -0.25) is 15.0 Å². The standard InChI is InChI=1S/C16H22ClN5/c1-12-10-18-5-4-15(12)22-7-3-6-21(8-9-22)11-14-16(17)13(2)19-20-14/h4-5,10H,3,6-9,11H2,1-2H3,(H,19,20). The molecule has 0 unspecified atom stereocenters. The van der Waals surface area contributed by atoms with Crippen LogP contribution < -0.4 is 4.90 Å². The van der Waals surface area contributed by atoms with Gasteiger partial charge >= 0.3 is 0 Å². The molecule has 0 aromatic carbocycles. The van der Waals surface area contributed by atoms with Crippen molar-refractivity contribution in [3.05, 3.63) is 40.4 Å². The fraction of sp³-hybridized carbons (Fsp3) is 0.500. The van der Waals surface area contributed by atoms with Gasteiger partial charge in [-0.15, -0.1) is 0 Å². The molecule has 0 amide bonds. The molecule has 0 bridgehead atoms. The molecule has 1 aliphatic rings. The van der Waals surface area contributed by atoms with Crippen molar-refractivity contribution in [2.45, 2.75) is 26.8 Å². The van der Waals surface area contributed by atoms with Crippen LogP contribution in [-0.2, 0) is 6.54 Å². The molecule has 2 aromatic heterocycles. The average Bonchev–Trinajstić information content (AvgIpc) is 2.72. The Balaban J connectivity index is 1.65. The fourth-order valence-corrected chi connectivity index (χ4v) is 3.12. The maximum Gasteiger partial charge on any atom is 0.0951 e. The molecule has 3 heterocycles. The molecule has 1 fully saturated rings. The van der Waals surface area contributed by atoms with Crippen molar-refractivity contribution in [2.24, 2.45) is 0 Å². The van der Waals surface area contributed by atoms with Gasteiger partial charge in [-0.2, -0.15) is 5.10 Å². The van der Waals surface area contributed by atoms with Crippen molar-refractivity contribution in [3.63, 3.8) is 0 Å². The van der Waals surface area contributed by atoms with Crippen LogP contribution in [0, 0.1) is 13.8 Å². The summed E-state index contributed by atoms with van der Waals surface area (Å²) in [5, 5.41) is 8.04. The molecule has 118 valence electrons. The topological polar surface area (TPSA) is 48.1 Å². The van der Waals surface area contributed by atoms with E-state index in [4.69, 9.17) is 11.6 Å². The second kappa shape index (κ2) is 6.67. The predicted molar refractivity (Wildman–Crippen MR) is 89.4 cm³/mol. The molecule has 6 heteroatoms. The molecule has 2 aromatic rings. The minimum atomic E-state index is 0.770. The van der Waals surface area contributed by atoms with Gasteiger partial charge in [0.05, 0.1) is 16.4 Å². The molecule has 22 heavy (non-hydrogen) atoms. The molecule has 0 aliphatic carbocycles. The van der Waals surface area contributed by atoms with E-state index in [1.165, 1.54) is 11.3 Å². The number of anilines is 1. The van der Waals surface area contributed by atoms with E-state index >= 15 is 0 Å². The van der Waals surface area contributed by atoms with Crippen LogP contribution in [0.25, 0.3) is 0 Å². The molecule has 1 N–H and O–H groups in total. The van der Waals surface area contributed by atoms with Crippen LogP contribution >= 0.6 is 11.6 Å². The summed E-state index contributed by atoms with van der Waals surface area (Å²) in [4.78, 5) is 9.06. The highest BCUT2D eigenvalue weighted by Crippen LogP contribution is 2.22. The zero-order valence-electron chi connectivity index (χ0n) is 13.1. The van der Waals surface area contributed by atoms with E-state index in [2.05, 4.69) is 38.0 Å². The minimum Gasteiger partial charge on any atom is -0.370 e. The van der Waals surface area contributed by atoms with Gasteiger partial charge in [-0.05, 0) is 31.9 Å². The Hall–Kier alpha value is -1.59. The highest BCUT2D eigenvalue weighted by atomic mass is 35.5. The van der Waals surface area contributed by atoms with Crippen LogP contribution in [0.2, 0.25) is 5.02 Å². The summed E-state index contributed by atoms with van der Waals surface area (Å²) in [6, 6.07) is 2.11. The van der Waals surface area contributed by atoms with Crippen molar-refractivity contribution in [1.29, 1.82) is 0 Å². The first-order valence-corrected chi connectivity index (χ1v) is 8.10. The number of nitrogens with one attached hydrogen (secondary N) is 1. The first-order valence-electron chi connectivity index (χ1n) is 7.72. The lowest BCUT2D eigenvalue weighted by molar-refractivity contribution is 0.282. The Bertz CT molecular complexity index is 639. The predicted octanol–water partition coefficient (Wildman–Crippen LogP) is 2.79. The summed E-state index contributed by atoms with van der Waals surface area (Å²) >= 11 is 6.28. The average molecular weight is 320 g/mol. The van der Waals surface area contributed by atoms with E-state index in [1.54, 1.807) is 0 Å². The zero-order chi connectivity index (χ0) is 15.5. The van der Waals surface area contributed by atoms with Gasteiger partial charge in [0.15, 0.2) is 0 Å². The first kappa shape index (κ1) is 15.3. The summed E-state index contributed by atoms with van der Waals surface area (Å²) in [5.41, 5.74) is 4.43. The van der Waals surface area contributed by atoms with Crippen LogP contribution in [0.5, 0.6) is 0 Å². The highest BCUT2D eigenvalue weighted by molar-refractivity contribution is 6.31. The van der Waals surface area contributed by atoms with Crippen molar-refractivity contribution < 1.29 is 0 Å². The van der Waals surface area contributed by atoms with E-state index in [1.807, 2.05) is 19.3 Å². The number of H-pyrrole nitrogens is 1. The number of hydrogen-bond acceptors (Lipinski definition) is 4. The fourth-order valence-electron chi connectivity index (χ4n) is 2.97. The first-order chi connectivity index (χ1) is 10.6. The van der Waals surface area contributed by atoms with Gasteiger partial charge in [0, 0.05) is 50.8 Å². The largest absolute Gasteiger partial charge is 0.370 e. The lowest BCUT2D eigenvalue weighted by Crippen LogP contribution is -2.31. The Morgan fingerprint density at radius 2 is 2.09 bits per heavy atom. The third-order valence-corrected chi connectivity index (χ3v) is 4.74. The Morgan fingerprint density at radius 3 is 2.82 bits per heavy atom. The van der Waals surface area contributed by atoms with Crippen molar-refractivity contribution in [1.82, 2.24) is 20.1 Å². The molecule has 5 nitrogen and oxygen atoms in total. The van der Waals surface area contributed by atoms with E-state index in [9.17, 15) is 0 Å². The lowest BCUT2D eigenvalue weighted by Gasteiger charge is -2.24. The van der Waals surface area contributed by atoms with Crippen molar-refractivity contribution >= 4 is 17.3 Å². The van der Waals surface area contributed by atoms with Crippen LogP contribution in [-0.4, -0.2) is 46.3 Å². The summed E-state index contributed by atoms with van der Waals surface area (Å²) in [6.07, 6.45) is 4.95. The minimum absolute atomic E-state index is 0.770. The third-order valence-electron chi connectivity index (χ3n) is 4.23. The molecule has 0 radical (unpaired) electrons. The number of aromatic amines is 1. The quantitative estimate of drug-likeness (QED) is 0.945. The molecule has 0 saturated carbocycles. The number of hydrogen-bond donors (Lipinski definition) is 1. The zero-order valence-corrected chi connectivity index (χ0v) is 13.9. The molecular weight excluding hydrogens is 298 g/mol. The van der Waals surface area contributed by atoms with Crippen molar-refractivity contribution in [3.8, 4) is 0 Å². The smallest absolute Gasteiger partial charge is 0.0951 e. The Labute approximate surface area is 136 Å². The van der Waals surface area contributed by atoms with E-state index in [0.717, 1.165) is 55.6 Å². The monoisotopic (exact) mass is 319 g/mol. The van der Waals surface area contributed by atoms with Gasteiger partial charge < -0.3 is 4.90 Å². The van der Waals surface area contributed by atoms with Gasteiger partial charge in [0.25, 0.3) is 0 Å². The summed E-state index contributed by atoms with van der Waals surface area (Å²) in [6.45, 7) is 9.08. The van der Waals surface area contributed by atoms with Crippen LogP contribution in [0.15, 0.2) is 18.5 Å². The normalized spacial score (nSPS) is 16.8. The molecule has 0 spiro atoms. The summed E-state index contributed by atoms with van der Waals surface area (Å²) < 4.78 is 0. The maximum atomic E-state index is 6.28. The van der Waals surface area contributed by atoms with E-state index in [0.29, 0.717) is 0 Å². The van der Waals surface area contributed by atoms with E-state index in [-0.39, 0.29) is 0 Å². The van der Waals surface area contributed by atoms with Gasteiger partial charge in [-0.25, -0.2) is 0 Å². The molecule has 1 saturated heterocycles. The number of aromatic nitrogens is 3. The molecule has 1 aliphatic heterocycles. The number of halogens is 1. The van der Waals surface area contributed by atoms with Gasteiger partial charge in [0.1, 0.15) is 0 Å². The molecule has 3 rings (SSSR count). The summed E-state index contributed by atoms with van der Waals surface area (Å²) in [7, 11) is 0. The van der Waals surface area contributed by atoms with Gasteiger partial charge in [-0.1, -0.05) is 11.6 Å². The number of nitrogens with zero attached hydrogens (tertiary/aromatic N) is 4. The Morgan fingerprint density at radius 1 is 1.23 bits per heavy atom. The SMILES string of the molecule is Cc1cnccc1N1CCCN(Cc2n[nH]c(C)c2Cl)CC1. The van der Waals surface area contributed by atoms with Gasteiger partial charge in [0.2, 0.25) is 0 Å². The number of pyridine rings is 1. The second-order valence-corrected chi connectivity index (χ2v) is 6.27. The molecular formula is C16H22ClN5. The number of aryl methyl sites for hydroxylation is 2. The third kappa shape index (κ3) is 3.25. The maximum absolute atomic E-state index is 6.28. The van der Waals surface area contributed by atoms with Crippen LogP contribution in [0.3, 0.4) is 0 Å². The van der Waals surface area contributed by atoms with Crippen LogP contribution in [0.1, 0.15) is 23.4 Å². The van der Waals surface area contributed by atoms with Crippen molar-refractivity contribution in [2.75, 3.05) is 31.1 Å². The highest BCUT2D eigenvalue weighted by Gasteiger charge is 2.18. The lowest BCUT2D eigenvalue weighted by atomic mass is 10.2.